The number of hydrogen-bond donors (Lipinski definition) is 1. The summed E-state index contributed by atoms with van der Waals surface area (Å²) in [5.74, 6) is -0.378. The number of nitrogens with zero attached hydrogens (tertiary/aromatic N) is 2. The molecule has 7 nitrogen and oxygen atoms in total. The van der Waals surface area contributed by atoms with E-state index in [1.54, 1.807) is 0 Å². The van der Waals surface area contributed by atoms with Gasteiger partial charge in [-0.1, -0.05) is 0 Å². The van der Waals surface area contributed by atoms with Crippen LogP contribution < -0.4 is 0 Å². The average molecular weight is 157 g/mol. The van der Waals surface area contributed by atoms with Crippen LogP contribution in [0.25, 0.3) is 0 Å². The first-order valence-corrected chi connectivity index (χ1v) is 2.58. The van der Waals surface area contributed by atoms with Crippen molar-refractivity contribution >= 4 is 11.5 Å². The standard InChI is InChI=1S/C4H3N3O4/c8-6(9)3-1-4(5-2-3)7(10)11/h1-2,5H. The molecule has 1 rings (SSSR count). The lowest BCUT2D eigenvalue weighted by Crippen LogP contribution is -1.86. The number of aromatic amines is 1. The maximum Gasteiger partial charge on any atom is 0.327 e. The van der Waals surface area contributed by atoms with Crippen LogP contribution in [-0.4, -0.2) is 14.8 Å². The van der Waals surface area contributed by atoms with E-state index in [4.69, 9.17) is 0 Å². The van der Waals surface area contributed by atoms with Gasteiger partial charge in [0.05, 0.1) is 4.92 Å². The highest BCUT2D eigenvalue weighted by atomic mass is 16.6. The number of nitrogens with one attached hydrogen (secondary N) is 1. The maximum absolute atomic E-state index is 10.00. The molecule has 1 heterocycles. The van der Waals surface area contributed by atoms with E-state index in [2.05, 4.69) is 4.98 Å². The molecule has 0 aliphatic heterocycles. The minimum Gasteiger partial charge on any atom is -0.358 e. The van der Waals surface area contributed by atoms with Crippen LogP contribution >= 0.6 is 0 Å². The largest absolute Gasteiger partial charge is 0.358 e. The fourth-order valence-electron chi connectivity index (χ4n) is 0.582. The third-order valence-electron chi connectivity index (χ3n) is 1.06. The average Bonchev–Trinajstić information content (AvgIpc) is 2.33. The Balaban J connectivity index is 2.99. The zero-order chi connectivity index (χ0) is 8.43. The minimum absolute atomic E-state index is 0.309. The molecule has 1 aromatic rings. The van der Waals surface area contributed by atoms with E-state index in [9.17, 15) is 20.2 Å². The molecule has 1 N–H and O–H groups in total. The predicted octanol–water partition coefficient (Wildman–Crippen LogP) is 0.831. The summed E-state index contributed by atoms with van der Waals surface area (Å²) in [5, 5.41) is 20.0. The molecule has 0 spiro atoms. The van der Waals surface area contributed by atoms with Crippen molar-refractivity contribution in [1.29, 1.82) is 0 Å². The van der Waals surface area contributed by atoms with Crippen molar-refractivity contribution in [2.75, 3.05) is 0 Å². The lowest BCUT2D eigenvalue weighted by Gasteiger charge is -1.84. The lowest BCUT2D eigenvalue weighted by atomic mass is 10.5. The molecule has 0 aliphatic carbocycles. The lowest BCUT2D eigenvalue weighted by molar-refractivity contribution is -0.393. The van der Waals surface area contributed by atoms with Crippen molar-refractivity contribution in [3.63, 3.8) is 0 Å². The van der Waals surface area contributed by atoms with Crippen LogP contribution in [0.2, 0.25) is 0 Å². The van der Waals surface area contributed by atoms with Gasteiger partial charge in [-0.25, -0.2) is 4.98 Å². The molecule has 0 unspecified atom stereocenters. The Bertz CT molecular complexity index is 276. The highest BCUT2D eigenvalue weighted by molar-refractivity contribution is 5.37. The molecule has 0 aromatic carbocycles. The Morgan fingerprint density at radius 2 is 1.91 bits per heavy atom. The van der Waals surface area contributed by atoms with Crippen molar-refractivity contribution in [1.82, 2.24) is 4.98 Å². The summed E-state index contributed by atoms with van der Waals surface area (Å²) in [6, 6.07) is 0.861. The van der Waals surface area contributed by atoms with Crippen LogP contribution in [0.3, 0.4) is 0 Å². The Morgan fingerprint density at radius 3 is 2.18 bits per heavy atom. The second-order valence-corrected chi connectivity index (χ2v) is 1.76. The number of rotatable bonds is 2. The minimum atomic E-state index is -0.729. The van der Waals surface area contributed by atoms with Crippen molar-refractivity contribution < 1.29 is 9.85 Å². The molecule has 58 valence electrons. The summed E-state index contributed by atoms with van der Waals surface area (Å²) >= 11 is 0. The molecule has 0 bridgehead atoms. The molecule has 0 amide bonds. The summed E-state index contributed by atoms with van der Waals surface area (Å²) in [7, 11) is 0. The third-order valence-corrected chi connectivity index (χ3v) is 1.06. The van der Waals surface area contributed by atoms with Crippen LogP contribution in [0.15, 0.2) is 12.3 Å². The van der Waals surface area contributed by atoms with E-state index in [0.717, 1.165) is 12.3 Å². The second-order valence-electron chi connectivity index (χ2n) is 1.76. The zero-order valence-corrected chi connectivity index (χ0v) is 5.18. The van der Waals surface area contributed by atoms with Crippen LogP contribution in [0.5, 0.6) is 0 Å². The monoisotopic (exact) mass is 157 g/mol. The quantitative estimate of drug-likeness (QED) is 0.507. The molecule has 1 aromatic heterocycles. The first kappa shape index (κ1) is 7.19. The molecular formula is C4H3N3O4. The Kier molecular flexibility index (Phi) is 1.55. The van der Waals surface area contributed by atoms with Crippen LogP contribution in [-0.2, 0) is 0 Å². The molecule has 0 fully saturated rings. The van der Waals surface area contributed by atoms with Gasteiger partial charge >= 0.3 is 11.5 Å². The van der Waals surface area contributed by atoms with Crippen LogP contribution in [0.4, 0.5) is 11.5 Å². The van der Waals surface area contributed by atoms with Gasteiger partial charge in [0, 0.05) is 0 Å². The molecule has 0 radical (unpaired) electrons. The van der Waals surface area contributed by atoms with Gasteiger partial charge in [-0.15, -0.1) is 0 Å². The topological polar surface area (TPSA) is 102 Å². The van der Waals surface area contributed by atoms with Crippen molar-refractivity contribution in [3.8, 4) is 0 Å². The van der Waals surface area contributed by atoms with Crippen LogP contribution in [0, 0.1) is 20.2 Å². The third kappa shape index (κ3) is 1.31. The summed E-state index contributed by atoms with van der Waals surface area (Å²) < 4.78 is 0. The van der Waals surface area contributed by atoms with Gasteiger partial charge in [0.1, 0.15) is 6.07 Å². The highest BCUT2D eigenvalue weighted by Crippen LogP contribution is 2.17. The fourth-order valence-corrected chi connectivity index (χ4v) is 0.582. The van der Waals surface area contributed by atoms with Gasteiger partial charge in [0.15, 0.2) is 6.20 Å². The number of hydrogen-bond acceptors (Lipinski definition) is 4. The number of nitro groups is 2. The molecule has 11 heavy (non-hydrogen) atoms. The first-order valence-electron chi connectivity index (χ1n) is 2.58. The molecule has 0 aliphatic rings. The smallest absolute Gasteiger partial charge is 0.327 e. The molecule has 0 saturated carbocycles. The van der Waals surface area contributed by atoms with E-state index >= 15 is 0 Å². The van der Waals surface area contributed by atoms with Crippen molar-refractivity contribution in [2.24, 2.45) is 0 Å². The molecule has 0 saturated heterocycles. The van der Waals surface area contributed by atoms with Crippen molar-refractivity contribution in [2.45, 2.75) is 0 Å². The molecule has 7 heteroatoms. The van der Waals surface area contributed by atoms with Gasteiger partial charge in [0.25, 0.3) is 0 Å². The summed E-state index contributed by atoms with van der Waals surface area (Å²) in [5.41, 5.74) is -0.309. The first-order chi connectivity index (χ1) is 5.11. The van der Waals surface area contributed by atoms with Gasteiger partial charge in [-0.2, -0.15) is 0 Å². The molecule has 0 atom stereocenters. The second kappa shape index (κ2) is 2.37. The highest BCUT2D eigenvalue weighted by Gasteiger charge is 2.15. The van der Waals surface area contributed by atoms with E-state index in [1.165, 1.54) is 0 Å². The maximum atomic E-state index is 10.00. The van der Waals surface area contributed by atoms with Gasteiger partial charge in [0.2, 0.25) is 0 Å². The Labute approximate surface area is 59.9 Å². The normalized spacial score (nSPS) is 9.45. The summed E-state index contributed by atoms with van der Waals surface area (Å²) in [6.07, 6.45) is 0.970. The SMILES string of the molecule is O=[N+]([O-])c1c[nH]c([N+](=O)[O-])c1. The number of H-pyrrole nitrogens is 1. The summed E-state index contributed by atoms with van der Waals surface area (Å²) in [6.45, 7) is 0. The molecular weight excluding hydrogens is 154 g/mol. The Hall–Kier alpha value is -1.92. The van der Waals surface area contributed by atoms with Crippen molar-refractivity contribution in [3.05, 3.63) is 32.5 Å². The van der Waals surface area contributed by atoms with Gasteiger partial charge < -0.3 is 10.1 Å². The van der Waals surface area contributed by atoms with Crippen LogP contribution in [0.1, 0.15) is 0 Å². The van der Waals surface area contributed by atoms with E-state index in [1.807, 2.05) is 0 Å². The predicted molar refractivity (Wildman–Crippen MR) is 34.1 cm³/mol. The van der Waals surface area contributed by atoms with Gasteiger partial charge in [-0.05, 0) is 4.92 Å². The summed E-state index contributed by atoms with van der Waals surface area (Å²) in [4.78, 5) is 20.7. The number of aromatic nitrogens is 1. The Morgan fingerprint density at radius 1 is 1.27 bits per heavy atom. The zero-order valence-electron chi connectivity index (χ0n) is 5.18. The van der Waals surface area contributed by atoms with E-state index in [0.29, 0.717) is 0 Å². The van der Waals surface area contributed by atoms with Gasteiger partial charge in [-0.3, -0.25) is 10.1 Å². The van der Waals surface area contributed by atoms with E-state index < -0.39 is 9.85 Å². The van der Waals surface area contributed by atoms with E-state index in [-0.39, 0.29) is 11.5 Å². The fraction of sp³-hybridized carbons (Fsp3) is 0.